The van der Waals surface area contributed by atoms with Crippen molar-refractivity contribution < 1.29 is 13.6 Å². The first-order valence-corrected chi connectivity index (χ1v) is 11.1. The van der Waals surface area contributed by atoms with Crippen LogP contribution in [-0.4, -0.2) is 26.6 Å². The molecule has 0 aliphatic carbocycles. The van der Waals surface area contributed by atoms with Gasteiger partial charge in [-0.25, -0.2) is 9.37 Å². The lowest BCUT2D eigenvalue weighted by molar-refractivity contribution is -0.113. The number of hydrogen-bond acceptors (Lipinski definition) is 5. The first-order chi connectivity index (χ1) is 15.6. The van der Waals surface area contributed by atoms with Crippen molar-refractivity contribution in [3.63, 3.8) is 0 Å². The summed E-state index contributed by atoms with van der Waals surface area (Å²) in [5.41, 5.74) is 4.58. The smallest absolute Gasteiger partial charge is 0.234 e. The number of nitrogens with zero attached hydrogens (tertiary/aromatic N) is 2. The second-order valence-electron chi connectivity index (χ2n) is 7.25. The Kier molecular flexibility index (Phi) is 5.36. The lowest BCUT2D eigenvalue weighted by atomic mass is 10.1. The van der Waals surface area contributed by atoms with Gasteiger partial charge in [0.05, 0.1) is 11.4 Å². The summed E-state index contributed by atoms with van der Waals surface area (Å²) in [5.74, 6) is -0.290. The van der Waals surface area contributed by atoms with Crippen molar-refractivity contribution in [2.45, 2.75) is 18.5 Å². The van der Waals surface area contributed by atoms with Crippen LogP contribution in [0.1, 0.15) is 12.6 Å². The van der Waals surface area contributed by atoms with E-state index in [1.165, 1.54) is 23.9 Å². The number of imidazole rings is 1. The number of benzene rings is 2. The van der Waals surface area contributed by atoms with Crippen LogP contribution in [-0.2, 0) is 11.2 Å². The Labute approximate surface area is 187 Å². The zero-order valence-corrected chi connectivity index (χ0v) is 18.0. The zero-order chi connectivity index (χ0) is 22.1. The Morgan fingerprint density at radius 1 is 1.16 bits per heavy atom. The van der Waals surface area contributed by atoms with E-state index in [1.54, 1.807) is 30.6 Å². The molecule has 0 aliphatic heterocycles. The number of thioether (sulfide) groups is 1. The number of hydrogen-bond donors (Lipinski definition) is 2. The zero-order valence-electron chi connectivity index (χ0n) is 17.2. The summed E-state index contributed by atoms with van der Waals surface area (Å²) in [6, 6.07) is 13.7. The Balaban J connectivity index is 1.29. The number of furan rings is 1. The Hall–Kier alpha value is -3.65. The SMILES string of the molecule is CCc1[nH]c(SCC(=O)Nc2ccc3oc4cc(F)ccc4c3c2)nc1-c1cccnc1. The summed E-state index contributed by atoms with van der Waals surface area (Å²) in [5, 5.41) is 5.23. The van der Waals surface area contributed by atoms with Crippen molar-refractivity contribution in [2.24, 2.45) is 0 Å². The Bertz CT molecular complexity index is 1430. The number of carbonyl (C=O) groups excluding carboxylic acids is 1. The molecule has 32 heavy (non-hydrogen) atoms. The summed E-state index contributed by atoms with van der Waals surface area (Å²) in [6.45, 7) is 2.05. The predicted octanol–water partition coefficient (Wildman–Crippen LogP) is 5.80. The van der Waals surface area contributed by atoms with Crippen LogP contribution in [0.25, 0.3) is 33.2 Å². The number of aryl methyl sites for hydroxylation is 1. The van der Waals surface area contributed by atoms with Gasteiger partial charge < -0.3 is 14.7 Å². The van der Waals surface area contributed by atoms with Gasteiger partial charge in [0.25, 0.3) is 0 Å². The number of rotatable bonds is 6. The maximum atomic E-state index is 13.5. The van der Waals surface area contributed by atoms with Gasteiger partial charge in [-0.3, -0.25) is 9.78 Å². The number of nitrogens with one attached hydrogen (secondary N) is 2. The fourth-order valence-electron chi connectivity index (χ4n) is 3.61. The van der Waals surface area contributed by atoms with Crippen LogP contribution in [0.2, 0.25) is 0 Å². The van der Waals surface area contributed by atoms with Gasteiger partial charge in [-0.05, 0) is 48.9 Å². The van der Waals surface area contributed by atoms with Gasteiger partial charge in [0.1, 0.15) is 17.0 Å². The number of aromatic nitrogens is 3. The molecule has 0 unspecified atom stereocenters. The lowest BCUT2D eigenvalue weighted by Crippen LogP contribution is -2.14. The number of aromatic amines is 1. The first kappa shape index (κ1) is 20.3. The number of amides is 1. The van der Waals surface area contributed by atoms with Gasteiger partial charge in [0, 0.05) is 46.2 Å². The fraction of sp³-hybridized carbons (Fsp3) is 0.125. The van der Waals surface area contributed by atoms with E-state index < -0.39 is 0 Å². The molecule has 5 rings (SSSR count). The van der Waals surface area contributed by atoms with Crippen LogP contribution in [0.4, 0.5) is 10.1 Å². The number of anilines is 1. The third kappa shape index (κ3) is 3.97. The van der Waals surface area contributed by atoms with Crippen molar-refractivity contribution >= 4 is 45.3 Å². The van der Waals surface area contributed by atoms with Crippen LogP contribution >= 0.6 is 11.8 Å². The van der Waals surface area contributed by atoms with Gasteiger partial charge in [-0.15, -0.1) is 0 Å². The van der Waals surface area contributed by atoms with Crippen molar-refractivity contribution in [1.29, 1.82) is 0 Å². The van der Waals surface area contributed by atoms with Crippen molar-refractivity contribution in [1.82, 2.24) is 15.0 Å². The van der Waals surface area contributed by atoms with E-state index >= 15 is 0 Å². The second-order valence-corrected chi connectivity index (χ2v) is 8.22. The minimum absolute atomic E-state index is 0.148. The highest BCUT2D eigenvalue weighted by atomic mass is 32.2. The van der Waals surface area contributed by atoms with E-state index in [0.29, 0.717) is 22.0 Å². The van der Waals surface area contributed by atoms with Crippen LogP contribution < -0.4 is 5.32 Å². The van der Waals surface area contributed by atoms with Crippen molar-refractivity contribution in [3.05, 3.63) is 72.4 Å². The molecule has 2 N–H and O–H groups in total. The molecule has 0 fully saturated rings. The van der Waals surface area contributed by atoms with Crippen molar-refractivity contribution in [3.8, 4) is 11.3 Å². The van der Waals surface area contributed by atoms with Gasteiger partial charge in [-0.1, -0.05) is 18.7 Å². The minimum atomic E-state index is -0.349. The largest absolute Gasteiger partial charge is 0.456 e. The molecule has 160 valence electrons. The number of fused-ring (bicyclic) bond motifs is 3. The van der Waals surface area contributed by atoms with E-state index in [-0.39, 0.29) is 17.5 Å². The summed E-state index contributed by atoms with van der Waals surface area (Å²) >= 11 is 1.34. The highest BCUT2D eigenvalue weighted by molar-refractivity contribution is 7.99. The van der Waals surface area contributed by atoms with E-state index in [2.05, 4.69) is 27.2 Å². The number of H-pyrrole nitrogens is 1. The van der Waals surface area contributed by atoms with Crippen LogP contribution in [0.15, 0.2) is 70.5 Å². The summed E-state index contributed by atoms with van der Waals surface area (Å²) in [7, 11) is 0. The van der Waals surface area contributed by atoms with Gasteiger partial charge in [0.15, 0.2) is 5.16 Å². The molecular formula is C24H19FN4O2S. The maximum Gasteiger partial charge on any atom is 0.234 e. The number of carbonyl (C=O) groups is 1. The molecule has 0 radical (unpaired) electrons. The monoisotopic (exact) mass is 446 g/mol. The molecule has 3 aromatic heterocycles. The third-order valence-electron chi connectivity index (χ3n) is 5.10. The summed E-state index contributed by atoms with van der Waals surface area (Å²) in [4.78, 5) is 24.6. The Morgan fingerprint density at radius 2 is 2.06 bits per heavy atom. The summed E-state index contributed by atoms with van der Waals surface area (Å²) in [6.07, 6.45) is 4.30. The van der Waals surface area contributed by atoms with Crippen LogP contribution in [0.5, 0.6) is 0 Å². The van der Waals surface area contributed by atoms with Gasteiger partial charge in [0.2, 0.25) is 5.91 Å². The van der Waals surface area contributed by atoms with E-state index in [4.69, 9.17) is 4.42 Å². The molecule has 6 nitrogen and oxygen atoms in total. The highest BCUT2D eigenvalue weighted by Crippen LogP contribution is 2.31. The molecule has 3 heterocycles. The van der Waals surface area contributed by atoms with E-state index in [1.807, 2.05) is 18.2 Å². The average Bonchev–Trinajstić information content (AvgIpc) is 3.38. The topological polar surface area (TPSA) is 83.8 Å². The predicted molar refractivity (Wildman–Crippen MR) is 124 cm³/mol. The first-order valence-electron chi connectivity index (χ1n) is 10.1. The molecule has 1 amide bonds. The molecule has 0 saturated carbocycles. The molecule has 0 saturated heterocycles. The average molecular weight is 447 g/mol. The normalized spacial score (nSPS) is 11.3. The molecule has 2 aromatic carbocycles. The van der Waals surface area contributed by atoms with E-state index in [0.717, 1.165) is 34.1 Å². The van der Waals surface area contributed by atoms with Crippen molar-refractivity contribution in [2.75, 3.05) is 11.1 Å². The second kappa shape index (κ2) is 8.47. The van der Waals surface area contributed by atoms with Gasteiger partial charge >= 0.3 is 0 Å². The minimum Gasteiger partial charge on any atom is -0.456 e. The fourth-order valence-corrected chi connectivity index (χ4v) is 4.30. The molecule has 0 atom stereocenters. The third-order valence-corrected chi connectivity index (χ3v) is 5.98. The molecule has 0 bridgehead atoms. The molecule has 0 aliphatic rings. The van der Waals surface area contributed by atoms with Crippen LogP contribution in [0.3, 0.4) is 0 Å². The number of halogens is 1. The lowest BCUT2D eigenvalue weighted by Gasteiger charge is -2.04. The van der Waals surface area contributed by atoms with Crippen LogP contribution in [0, 0.1) is 5.82 Å². The molecule has 8 heteroatoms. The summed E-state index contributed by atoms with van der Waals surface area (Å²) < 4.78 is 19.1. The quantitative estimate of drug-likeness (QED) is 0.322. The van der Waals surface area contributed by atoms with E-state index in [9.17, 15) is 9.18 Å². The molecule has 0 spiro atoms. The highest BCUT2D eigenvalue weighted by Gasteiger charge is 2.14. The Morgan fingerprint density at radius 3 is 2.88 bits per heavy atom. The maximum absolute atomic E-state index is 13.5. The molecular weight excluding hydrogens is 427 g/mol. The standard InChI is InChI=1S/C24H19FN4O2S/c1-2-19-23(14-4-3-9-26-12-14)29-24(28-19)32-13-22(30)27-16-6-8-20-18(11-16)17-7-5-15(25)10-21(17)31-20/h3-12H,2,13H2,1H3,(H,27,30)(H,28,29). The van der Waals surface area contributed by atoms with Gasteiger partial charge in [-0.2, -0.15) is 0 Å². The molecule has 5 aromatic rings. The number of pyridine rings is 1.